The standard InChI is InChI=1S/C8H8Br2O3/c1-12-5-3-4(11)6(9)8(13-2)7(5)10/h3,11H,1-2H3. The highest BCUT2D eigenvalue weighted by atomic mass is 79.9. The van der Waals surface area contributed by atoms with Crippen LogP contribution in [0.5, 0.6) is 17.2 Å². The number of phenols is 1. The highest BCUT2D eigenvalue weighted by molar-refractivity contribution is 9.11. The lowest BCUT2D eigenvalue weighted by atomic mass is 10.3. The molecule has 0 bridgehead atoms. The van der Waals surface area contributed by atoms with Crippen molar-refractivity contribution in [3.8, 4) is 17.2 Å². The number of hydrogen-bond donors (Lipinski definition) is 1. The normalized spacial score (nSPS) is 9.85. The molecule has 0 fully saturated rings. The Bertz CT molecular complexity index is 326. The summed E-state index contributed by atoms with van der Waals surface area (Å²) in [5.41, 5.74) is 0. The molecule has 72 valence electrons. The molecule has 0 unspecified atom stereocenters. The smallest absolute Gasteiger partial charge is 0.154 e. The topological polar surface area (TPSA) is 38.7 Å². The minimum atomic E-state index is 0.0805. The number of halogens is 2. The van der Waals surface area contributed by atoms with E-state index in [1.165, 1.54) is 20.3 Å². The summed E-state index contributed by atoms with van der Waals surface area (Å²) >= 11 is 6.49. The first-order chi connectivity index (χ1) is 6.11. The van der Waals surface area contributed by atoms with Crippen molar-refractivity contribution in [3.63, 3.8) is 0 Å². The van der Waals surface area contributed by atoms with Crippen LogP contribution < -0.4 is 9.47 Å². The van der Waals surface area contributed by atoms with E-state index in [1.807, 2.05) is 0 Å². The van der Waals surface area contributed by atoms with Crippen LogP contribution >= 0.6 is 31.9 Å². The lowest BCUT2D eigenvalue weighted by molar-refractivity contribution is 0.377. The molecule has 0 radical (unpaired) electrons. The molecule has 0 spiro atoms. The molecule has 3 nitrogen and oxygen atoms in total. The molecule has 1 rings (SSSR count). The van der Waals surface area contributed by atoms with Crippen LogP contribution in [0.15, 0.2) is 15.0 Å². The first kappa shape index (κ1) is 10.7. The number of benzene rings is 1. The number of aromatic hydroxyl groups is 1. The van der Waals surface area contributed by atoms with Crippen LogP contribution in [0.1, 0.15) is 0 Å². The Morgan fingerprint density at radius 3 is 2.23 bits per heavy atom. The van der Waals surface area contributed by atoms with Gasteiger partial charge >= 0.3 is 0 Å². The third-order valence-electron chi connectivity index (χ3n) is 1.53. The minimum Gasteiger partial charge on any atom is -0.506 e. The Hall–Kier alpha value is -0.420. The molecule has 0 heterocycles. The van der Waals surface area contributed by atoms with E-state index in [4.69, 9.17) is 9.47 Å². The molecule has 1 aromatic carbocycles. The summed E-state index contributed by atoms with van der Waals surface area (Å²) in [5.74, 6) is 1.12. The second kappa shape index (κ2) is 4.19. The third kappa shape index (κ3) is 1.91. The van der Waals surface area contributed by atoms with Gasteiger partial charge in [-0.05, 0) is 31.9 Å². The molecule has 1 aromatic rings. The lowest BCUT2D eigenvalue weighted by Gasteiger charge is -2.11. The Kier molecular flexibility index (Phi) is 3.44. The quantitative estimate of drug-likeness (QED) is 0.912. The van der Waals surface area contributed by atoms with Gasteiger partial charge in [-0.2, -0.15) is 0 Å². The third-order valence-corrected chi connectivity index (χ3v) is 3.05. The van der Waals surface area contributed by atoms with Gasteiger partial charge in [0.15, 0.2) is 5.75 Å². The van der Waals surface area contributed by atoms with Crippen molar-refractivity contribution in [1.29, 1.82) is 0 Å². The van der Waals surface area contributed by atoms with Crippen molar-refractivity contribution in [2.45, 2.75) is 0 Å². The number of rotatable bonds is 2. The van der Waals surface area contributed by atoms with Gasteiger partial charge in [0.05, 0.1) is 14.2 Å². The van der Waals surface area contributed by atoms with Gasteiger partial charge in [-0.3, -0.25) is 0 Å². The molecule has 13 heavy (non-hydrogen) atoms. The maximum absolute atomic E-state index is 9.44. The summed E-state index contributed by atoms with van der Waals surface area (Å²) in [5, 5.41) is 9.44. The Morgan fingerprint density at radius 1 is 1.15 bits per heavy atom. The van der Waals surface area contributed by atoms with Crippen LogP contribution in [0.3, 0.4) is 0 Å². The minimum absolute atomic E-state index is 0.0805. The van der Waals surface area contributed by atoms with Crippen LogP contribution in [-0.4, -0.2) is 19.3 Å². The van der Waals surface area contributed by atoms with Gasteiger partial charge in [0, 0.05) is 6.07 Å². The Balaban J connectivity index is 3.39. The SMILES string of the molecule is COc1cc(O)c(Br)c(OC)c1Br. The van der Waals surface area contributed by atoms with Crippen molar-refractivity contribution >= 4 is 31.9 Å². The van der Waals surface area contributed by atoms with E-state index >= 15 is 0 Å². The maximum Gasteiger partial charge on any atom is 0.154 e. The van der Waals surface area contributed by atoms with Gasteiger partial charge in [0.2, 0.25) is 0 Å². The van der Waals surface area contributed by atoms with Gasteiger partial charge in [-0.25, -0.2) is 0 Å². The average molecular weight is 312 g/mol. The van der Waals surface area contributed by atoms with Crippen molar-refractivity contribution < 1.29 is 14.6 Å². The summed E-state index contributed by atoms with van der Waals surface area (Å²) in [6.45, 7) is 0. The van der Waals surface area contributed by atoms with E-state index < -0.39 is 0 Å². The molecule has 0 atom stereocenters. The zero-order valence-corrected chi connectivity index (χ0v) is 10.3. The molecule has 0 saturated carbocycles. The lowest BCUT2D eigenvalue weighted by Crippen LogP contribution is -1.91. The molecule has 0 aromatic heterocycles. The zero-order chi connectivity index (χ0) is 10.0. The van der Waals surface area contributed by atoms with E-state index in [-0.39, 0.29) is 5.75 Å². The monoisotopic (exact) mass is 310 g/mol. The van der Waals surface area contributed by atoms with E-state index in [1.54, 1.807) is 0 Å². The van der Waals surface area contributed by atoms with E-state index in [9.17, 15) is 5.11 Å². The predicted octanol–water partition coefficient (Wildman–Crippen LogP) is 2.93. The molecule has 0 aliphatic rings. The predicted molar refractivity (Wildman–Crippen MR) is 56.6 cm³/mol. The fraction of sp³-hybridized carbons (Fsp3) is 0.250. The number of ether oxygens (including phenoxy) is 2. The highest BCUT2D eigenvalue weighted by Crippen LogP contribution is 2.45. The van der Waals surface area contributed by atoms with E-state index in [0.717, 1.165) is 0 Å². The first-order valence-electron chi connectivity index (χ1n) is 3.40. The molecule has 1 N–H and O–H groups in total. The number of hydrogen-bond acceptors (Lipinski definition) is 3. The fourth-order valence-electron chi connectivity index (χ4n) is 0.903. The van der Waals surface area contributed by atoms with Crippen LogP contribution in [0.25, 0.3) is 0 Å². The van der Waals surface area contributed by atoms with E-state index in [2.05, 4.69) is 31.9 Å². The van der Waals surface area contributed by atoms with Crippen LogP contribution in [0.2, 0.25) is 0 Å². The van der Waals surface area contributed by atoms with Crippen molar-refractivity contribution in [1.82, 2.24) is 0 Å². The van der Waals surface area contributed by atoms with E-state index in [0.29, 0.717) is 20.4 Å². The van der Waals surface area contributed by atoms with Gasteiger partial charge in [0.1, 0.15) is 20.4 Å². The summed E-state index contributed by atoms with van der Waals surface area (Å²) in [6, 6.07) is 1.50. The van der Waals surface area contributed by atoms with Crippen molar-refractivity contribution in [2.24, 2.45) is 0 Å². The van der Waals surface area contributed by atoms with Gasteiger partial charge < -0.3 is 14.6 Å². The summed E-state index contributed by atoms with van der Waals surface area (Å²) in [6.07, 6.45) is 0. The van der Waals surface area contributed by atoms with Crippen molar-refractivity contribution in [3.05, 3.63) is 15.0 Å². The summed E-state index contributed by atoms with van der Waals surface area (Å²) < 4.78 is 11.3. The van der Waals surface area contributed by atoms with Gasteiger partial charge in [-0.1, -0.05) is 0 Å². The maximum atomic E-state index is 9.44. The molecule has 0 aliphatic carbocycles. The highest BCUT2D eigenvalue weighted by Gasteiger charge is 2.15. The van der Waals surface area contributed by atoms with Gasteiger partial charge in [0.25, 0.3) is 0 Å². The molecule has 5 heteroatoms. The van der Waals surface area contributed by atoms with Crippen LogP contribution in [0, 0.1) is 0 Å². The molecular formula is C8H8Br2O3. The Labute approximate surface area is 92.9 Å². The van der Waals surface area contributed by atoms with Crippen molar-refractivity contribution in [2.75, 3.05) is 14.2 Å². The summed E-state index contributed by atoms with van der Waals surface area (Å²) in [7, 11) is 3.04. The molecule has 0 saturated heterocycles. The second-order valence-electron chi connectivity index (χ2n) is 2.26. The molecule has 0 amide bonds. The fourth-order valence-corrected chi connectivity index (χ4v) is 2.28. The van der Waals surface area contributed by atoms with Gasteiger partial charge in [-0.15, -0.1) is 0 Å². The molecular weight excluding hydrogens is 304 g/mol. The van der Waals surface area contributed by atoms with Crippen LogP contribution in [-0.2, 0) is 0 Å². The molecule has 0 aliphatic heterocycles. The first-order valence-corrected chi connectivity index (χ1v) is 4.99. The largest absolute Gasteiger partial charge is 0.506 e. The number of methoxy groups -OCH3 is 2. The average Bonchev–Trinajstić information content (AvgIpc) is 2.12. The Morgan fingerprint density at radius 2 is 1.77 bits per heavy atom. The second-order valence-corrected chi connectivity index (χ2v) is 3.85. The summed E-state index contributed by atoms with van der Waals surface area (Å²) in [4.78, 5) is 0. The zero-order valence-electron chi connectivity index (χ0n) is 7.10. The van der Waals surface area contributed by atoms with Crippen LogP contribution in [0.4, 0.5) is 0 Å². The number of phenolic OH excluding ortho intramolecular Hbond substituents is 1.